The molecule has 2 aliphatic rings. The van der Waals surface area contributed by atoms with Gasteiger partial charge in [-0.15, -0.1) is 0 Å². The molecule has 0 aromatic heterocycles. The molecule has 0 aromatic carbocycles. The number of hydrogen-bond acceptors (Lipinski definition) is 0. The summed E-state index contributed by atoms with van der Waals surface area (Å²) in [7, 11) is 0. The van der Waals surface area contributed by atoms with Gasteiger partial charge in [-0.05, 0) is 43.4 Å². The van der Waals surface area contributed by atoms with Crippen molar-refractivity contribution in [1.29, 1.82) is 0 Å². The smallest absolute Gasteiger partial charge is 0.230 e. The van der Waals surface area contributed by atoms with Crippen molar-refractivity contribution < 1.29 is 0 Å². The first-order chi connectivity index (χ1) is 7.97. The van der Waals surface area contributed by atoms with Crippen molar-refractivity contribution in [2.75, 3.05) is 0 Å². The lowest BCUT2D eigenvalue weighted by atomic mass is 9.59. The van der Waals surface area contributed by atoms with Gasteiger partial charge in [-0.1, -0.05) is 25.5 Å². The van der Waals surface area contributed by atoms with Crippen molar-refractivity contribution in [1.82, 2.24) is 0 Å². The summed E-state index contributed by atoms with van der Waals surface area (Å²) in [4.78, 5) is 3.92. The van der Waals surface area contributed by atoms with Crippen molar-refractivity contribution in [2.45, 2.75) is 58.9 Å². The highest BCUT2D eigenvalue weighted by Gasteiger charge is 2.47. The first kappa shape index (κ1) is 12.7. The molecule has 2 aliphatic carbocycles. The average Bonchev–Trinajstić information content (AvgIpc) is 2.29. The molecule has 0 saturated heterocycles. The van der Waals surface area contributed by atoms with Crippen LogP contribution in [0.3, 0.4) is 0 Å². The molecule has 17 heavy (non-hydrogen) atoms. The minimum Gasteiger partial charge on any atom is -0.311 e. The molecule has 0 aliphatic heterocycles. The maximum Gasteiger partial charge on any atom is 0.230 e. The van der Waals surface area contributed by atoms with Gasteiger partial charge in [0.1, 0.15) is 0 Å². The van der Waals surface area contributed by atoms with Gasteiger partial charge in [0.15, 0.2) is 0 Å². The third-order valence-corrected chi connectivity index (χ3v) is 5.16. The summed E-state index contributed by atoms with van der Waals surface area (Å²) in [5.41, 5.74) is 1.52. The van der Waals surface area contributed by atoms with E-state index < -0.39 is 0 Å². The van der Waals surface area contributed by atoms with E-state index in [1.165, 1.54) is 12.8 Å². The van der Waals surface area contributed by atoms with Crippen LogP contribution in [0.1, 0.15) is 53.4 Å². The maximum absolute atomic E-state index is 7.43. The minimum absolute atomic E-state index is 0.0775. The Labute approximate surface area is 106 Å². The molecular formula is C16H25N. The van der Waals surface area contributed by atoms with Crippen LogP contribution in [0.15, 0.2) is 11.6 Å². The Hall–Kier alpha value is -0.770. The van der Waals surface area contributed by atoms with E-state index in [4.69, 9.17) is 6.57 Å². The molecule has 1 saturated carbocycles. The van der Waals surface area contributed by atoms with Crippen LogP contribution in [0, 0.1) is 30.2 Å². The molecule has 1 nitrogen and oxygen atoms in total. The lowest BCUT2D eigenvalue weighted by molar-refractivity contribution is 0.107. The Morgan fingerprint density at radius 1 is 1.47 bits per heavy atom. The van der Waals surface area contributed by atoms with E-state index in [1.807, 2.05) is 0 Å². The summed E-state index contributed by atoms with van der Waals surface area (Å²) in [6, 6.07) is 0. The molecule has 0 bridgehead atoms. The summed E-state index contributed by atoms with van der Waals surface area (Å²) >= 11 is 0. The summed E-state index contributed by atoms with van der Waals surface area (Å²) < 4.78 is 0. The number of fused-ring (bicyclic) bond motifs is 1. The van der Waals surface area contributed by atoms with Crippen LogP contribution >= 0.6 is 0 Å². The molecule has 1 unspecified atom stereocenters. The average molecular weight is 231 g/mol. The van der Waals surface area contributed by atoms with E-state index in [2.05, 4.69) is 38.6 Å². The summed E-state index contributed by atoms with van der Waals surface area (Å²) in [6.07, 6.45) is 7.14. The summed E-state index contributed by atoms with van der Waals surface area (Å²) in [5.74, 6) is 3.07. The highest BCUT2D eigenvalue weighted by Crippen LogP contribution is 2.50. The van der Waals surface area contributed by atoms with E-state index in [0.717, 1.165) is 36.5 Å². The fourth-order valence-corrected chi connectivity index (χ4v) is 3.96. The predicted octanol–water partition coefficient (Wildman–Crippen LogP) is 4.70. The molecule has 0 heterocycles. The molecule has 2 rings (SSSR count). The molecule has 0 N–H and O–H groups in total. The zero-order valence-electron chi connectivity index (χ0n) is 11.7. The molecule has 1 fully saturated rings. The second kappa shape index (κ2) is 4.48. The van der Waals surface area contributed by atoms with Gasteiger partial charge in [0, 0.05) is 19.8 Å². The zero-order chi connectivity index (χ0) is 12.6. The van der Waals surface area contributed by atoms with Gasteiger partial charge in [-0.3, -0.25) is 0 Å². The van der Waals surface area contributed by atoms with Gasteiger partial charge in [0.25, 0.3) is 0 Å². The highest BCUT2D eigenvalue weighted by atomic mass is 14.8. The van der Waals surface area contributed by atoms with E-state index in [-0.39, 0.29) is 5.54 Å². The van der Waals surface area contributed by atoms with Crippen molar-refractivity contribution in [2.24, 2.45) is 23.7 Å². The molecule has 0 radical (unpaired) electrons. The number of hydrogen-bond donors (Lipinski definition) is 0. The van der Waals surface area contributed by atoms with Gasteiger partial charge < -0.3 is 4.85 Å². The monoisotopic (exact) mass is 231 g/mol. The summed E-state index contributed by atoms with van der Waals surface area (Å²) in [5, 5.41) is 0. The van der Waals surface area contributed by atoms with Gasteiger partial charge in [0.05, 0.1) is 0 Å². The van der Waals surface area contributed by atoms with E-state index in [1.54, 1.807) is 5.57 Å². The van der Waals surface area contributed by atoms with Crippen LogP contribution in [0.2, 0.25) is 0 Å². The Bertz CT molecular complexity index is 360. The fourth-order valence-electron chi connectivity index (χ4n) is 3.96. The Morgan fingerprint density at radius 2 is 2.18 bits per heavy atom. The molecule has 4 atom stereocenters. The van der Waals surface area contributed by atoms with Crippen LogP contribution in [-0.2, 0) is 0 Å². The number of allylic oxidation sites excluding steroid dienone is 2. The SMILES string of the molecule is [C-]#[N+][C@]1(C)CC[C@@H]2C(C)=CCC(C(C)C)[C@@H]2C1. The first-order valence-corrected chi connectivity index (χ1v) is 7.02. The molecular weight excluding hydrogens is 206 g/mol. The third kappa shape index (κ3) is 2.28. The van der Waals surface area contributed by atoms with Crippen LogP contribution in [-0.4, -0.2) is 5.54 Å². The van der Waals surface area contributed by atoms with E-state index in [0.29, 0.717) is 0 Å². The van der Waals surface area contributed by atoms with Crippen molar-refractivity contribution >= 4 is 0 Å². The van der Waals surface area contributed by atoms with Gasteiger partial charge in [-0.2, -0.15) is 0 Å². The Kier molecular flexibility index (Phi) is 3.34. The van der Waals surface area contributed by atoms with Crippen molar-refractivity contribution in [3.8, 4) is 0 Å². The zero-order valence-corrected chi connectivity index (χ0v) is 11.7. The van der Waals surface area contributed by atoms with E-state index in [9.17, 15) is 0 Å². The molecule has 0 spiro atoms. The van der Waals surface area contributed by atoms with Crippen LogP contribution in [0.5, 0.6) is 0 Å². The van der Waals surface area contributed by atoms with Crippen molar-refractivity contribution in [3.05, 3.63) is 23.1 Å². The van der Waals surface area contributed by atoms with E-state index >= 15 is 0 Å². The maximum atomic E-state index is 7.43. The summed E-state index contributed by atoms with van der Waals surface area (Å²) in [6.45, 7) is 16.6. The van der Waals surface area contributed by atoms with Crippen LogP contribution in [0.4, 0.5) is 0 Å². The largest absolute Gasteiger partial charge is 0.311 e. The van der Waals surface area contributed by atoms with Gasteiger partial charge >= 0.3 is 0 Å². The minimum atomic E-state index is -0.0775. The fraction of sp³-hybridized carbons (Fsp3) is 0.812. The van der Waals surface area contributed by atoms with Crippen LogP contribution < -0.4 is 0 Å². The Balaban J connectivity index is 2.25. The molecule has 1 heteroatoms. The highest BCUT2D eigenvalue weighted by molar-refractivity contribution is 5.16. The predicted molar refractivity (Wildman–Crippen MR) is 72.5 cm³/mol. The second-order valence-electron chi connectivity index (χ2n) is 6.71. The Morgan fingerprint density at radius 3 is 2.76 bits per heavy atom. The molecule has 0 amide bonds. The topological polar surface area (TPSA) is 4.36 Å². The normalized spacial score (nSPS) is 41.6. The van der Waals surface area contributed by atoms with Crippen LogP contribution in [0.25, 0.3) is 4.85 Å². The number of rotatable bonds is 1. The quantitative estimate of drug-likeness (QED) is 0.455. The first-order valence-electron chi connectivity index (χ1n) is 7.02. The standard InChI is InChI=1S/C16H25N/c1-11(2)13-7-6-12(3)14-8-9-16(4,17-5)10-15(13)14/h6,11,13-15H,7-10H2,1-4H3/t13?,14-,15+,16-/m1/s1. The lowest BCUT2D eigenvalue weighted by Gasteiger charge is -2.45. The van der Waals surface area contributed by atoms with Gasteiger partial charge in [0.2, 0.25) is 5.54 Å². The molecule has 0 aromatic rings. The number of nitrogens with zero attached hydrogens (tertiary/aromatic N) is 1. The van der Waals surface area contributed by atoms with Crippen molar-refractivity contribution in [3.63, 3.8) is 0 Å². The molecule has 94 valence electrons. The third-order valence-electron chi connectivity index (χ3n) is 5.16. The van der Waals surface area contributed by atoms with Gasteiger partial charge in [-0.25, -0.2) is 6.57 Å². The second-order valence-corrected chi connectivity index (χ2v) is 6.71. The lowest BCUT2D eigenvalue weighted by Crippen LogP contribution is -2.41.